The summed E-state index contributed by atoms with van der Waals surface area (Å²) in [4.78, 5) is 19.0. The average Bonchev–Trinajstić information content (AvgIpc) is 2.94. The highest BCUT2D eigenvalue weighted by Gasteiger charge is 2.20. The van der Waals surface area contributed by atoms with Crippen LogP contribution in [0.2, 0.25) is 0 Å². The van der Waals surface area contributed by atoms with E-state index < -0.39 is 0 Å². The van der Waals surface area contributed by atoms with Crippen LogP contribution in [0.25, 0.3) is 16.9 Å². The van der Waals surface area contributed by atoms with Gasteiger partial charge in [0.2, 0.25) is 0 Å². The molecule has 3 aromatic heterocycles. The van der Waals surface area contributed by atoms with Crippen LogP contribution >= 0.6 is 0 Å². The maximum absolute atomic E-state index is 12.4. The molecule has 3 rings (SSSR count). The number of hydrogen-bond donors (Lipinski definition) is 0. The fourth-order valence-corrected chi connectivity index (χ4v) is 2.82. The fourth-order valence-electron chi connectivity index (χ4n) is 2.82. The van der Waals surface area contributed by atoms with Crippen molar-refractivity contribution < 1.29 is 9.53 Å². The van der Waals surface area contributed by atoms with Gasteiger partial charge in [-0.3, -0.25) is 4.98 Å². The molecular formula is C19H21N3O2. The van der Waals surface area contributed by atoms with E-state index in [4.69, 9.17) is 4.74 Å². The van der Waals surface area contributed by atoms with Gasteiger partial charge in [-0.25, -0.2) is 4.79 Å². The van der Waals surface area contributed by atoms with Gasteiger partial charge in [-0.2, -0.15) is 0 Å². The van der Waals surface area contributed by atoms with Crippen molar-refractivity contribution in [3.63, 3.8) is 0 Å². The van der Waals surface area contributed by atoms with E-state index in [1.807, 2.05) is 68.0 Å². The second kappa shape index (κ2) is 6.84. The molecule has 0 unspecified atom stereocenters. The molecule has 5 heteroatoms. The van der Waals surface area contributed by atoms with Crippen LogP contribution < -0.4 is 0 Å². The predicted molar refractivity (Wildman–Crippen MR) is 94.0 cm³/mol. The molecule has 0 bridgehead atoms. The highest BCUT2D eigenvalue weighted by Crippen LogP contribution is 2.27. The molecule has 3 heterocycles. The first-order valence-corrected chi connectivity index (χ1v) is 7.97. The summed E-state index contributed by atoms with van der Waals surface area (Å²) >= 11 is 0. The van der Waals surface area contributed by atoms with Crippen LogP contribution in [-0.4, -0.2) is 41.0 Å². The zero-order chi connectivity index (χ0) is 17.1. The Morgan fingerprint density at radius 2 is 2.08 bits per heavy atom. The van der Waals surface area contributed by atoms with Crippen molar-refractivity contribution in [2.45, 2.75) is 13.5 Å². The summed E-state index contributed by atoms with van der Waals surface area (Å²) in [6.07, 6.45) is 3.72. The number of esters is 1. The maximum atomic E-state index is 12.4. The van der Waals surface area contributed by atoms with Gasteiger partial charge in [0.15, 0.2) is 0 Å². The highest BCUT2D eigenvalue weighted by molar-refractivity contribution is 5.98. The average molecular weight is 323 g/mol. The molecule has 24 heavy (non-hydrogen) atoms. The number of fused-ring (bicyclic) bond motifs is 1. The highest BCUT2D eigenvalue weighted by atomic mass is 16.5. The Kier molecular flexibility index (Phi) is 4.62. The van der Waals surface area contributed by atoms with Crippen LogP contribution in [0.1, 0.15) is 22.8 Å². The van der Waals surface area contributed by atoms with E-state index in [9.17, 15) is 4.79 Å². The summed E-state index contributed by atoms with van der Waals surface area (Å²) in [5.74, 6) is -0.323. The number of carbonyl (C=O) groups is 1. The van der Waals surface area contributed by atoms with Crippen molar-refractivity contribution in [2.75, 3.05) is 20.7 Å². The molecule has 0 radical (unpaired) electrons. The number of rotatable bonds is 5. The quantitative estimate of drug-likeness (QED) is 0.676. The molecule has 0 aliphatic heterocycles. The van der Waals surface area contributed by atoms with Gasteiger partial charge in [0.25, 0.3) is 0 Å². The van der Waals surface area contributed by atoms with E-state index in [2.05, 4.69) is 9.88 Å². The number of hydrogen-bond acceptors (Lipinski definition) is 4. The van der Waals surface area contributed by atoms with Crippen LogP contribution in [0.5, 0.6) is 0 Å². The van der Waals surface area contributed by atoms with Crippen molar-refractivity contribution in [1.82, 2.24) is 14.3 Å². The smallest absolute Gasteiger partial charge is 0.340 e. The Balaban J connectivity index is 2.17. The molecule has 0 amide bonds. The van der Waals surface area contributed by atoms with Crippen LogP contribution in [0, 0.1) is 0 Å². The Labute approximate surface area is 141 Å². The second-order valence-electron chi connectivity index (χ2n) is 5.91. The molecule has 0 aromatic carbocycles. The van der Waals surface area contributed by atoms with E-state index >= 15 is 0 Å². The summed E-state index contributed by atoms with van der Waals surface area (Å²) in [6.45, 7) is 2.97. The lowest BCUT2D eigenvalue weighted by Crippen LogP contribution is -2.11. The van der Waals surface area contributed by atoms with Crippen LogP contribution in [0.4, 0.5) is 0 Å². The molecule has 0 aliphatic carbocycles. The van der Waals surface area contributed by atoms with Crippen molar-refractivity contribution in [3.8, 4) is 11.4 Å². The summed E-state index contributed by atoms with van der Waals surface area (Å²) in [5.41, 5.74) is 4.16. The van der Waals surface area contributed by atoms with Crippen LogP contribution in [0.15, 0.2) is 48.8 Å². The molecule has 0 spiro atoms. The van der Waals surface area contributed by atoms with Crippen LogP contribution in [0.3, 0.4) is 0 Å². The molecule has 0 N–H and O–H groups in total. The van der Waals surface area contributed by atoms with Crippen molar-refractivity contribution in [1.29, 1.82) is 0 Å². The van der Waals surface area contributed by atoms with Crippen molar-refractivity contribution in [3.05, 3.63) is 59.9 Å². The molecule has 0 saturated heterocycles. The maximum Gasteiger partial charge on any atom is 0.340 e. The Hall–Kier alpha value is -2.66. The van der Waals surface area contributed by atoms with Crippen LogP contribution in [-0.2, 0) is 11.3 Å². The van der Waals surface area contributed by atoms with E-state index in [1.165, 1.54) is 0 Å². The summed E-state index contributed by atoms with van der Waals surface area (Å²) < 4.78 is 7.21. The third kappa shape index (κ3) is 3.16. The van der Waals surface area contributed by atoms with Gasteiger partial charge in [0, 0.05) is 24.5 Å². The minimum absolute atomic E-state index is 0.323. The lowest BCUT2D eigenvalue weighted by atomic mass is 10.1. The van der Waals surface area contributed by atoms with E-state index in [1.54, 1.807) is 6.20 Å². The predicted octanol–water partition coefficient (Wildman–Crippen LogP) is 3.24. The van der Waals surface area contributed by atoms with Gasteiger partial charge >= 0.3 is 5.97 Å². The number of carbonyl (C=O) groups excluding carboxylic acids is 1. The van der Waals surface area contributed by atoms with E-state index in [0.29, 0.717) is 12.2 Å². The summed E-state index contributed by atoms with van der Waals surface area (Å²) in [6, 6.07) is 11.7. The molecule has 0 atom stereocenters. The zero-order valence-corrected chi connectivity index (χ0v) is 14.2. The Bertz CT molecular complexity index is 868. The molecular weight excluding hydrogens is 302 g/mol. The molecule has 5 nitrogen and oxygen atoms in total. The van der Waals surface area contributed by atoms with E-state index in [0.717, 1.165) is 29.0 Å². The molecule has 3 aromatic rings. The van der Waals surface area contributed by atoms with Gasteiger partial charge in [-0.05, 0) is 56.9 Å². The van der Waals surface area contributed by atoms with Gasteiger partial charge in [-0.1, -0.05) is 6.07 Å². The minimum Gasteiger partial charge on any atom is -0.462 e. The second-order valence-corrected chi connectivity index (χ2v) is 5.91. The van der Waals surface area contributed by atoms with Crippen molar-refractivity contribution in [2.24, 2.45) is 0 Å². The monoisotopic (exact) mass is 323 g/mol. The lowest BCUT2D eigenvalue weighted by molar-refractivity contribution is 0.0527. The standard InChI is InChI=1S/C19H21N3O2/c1-4-24-19(23)16-12-15-7-5-6-10-22(15)18(16)17-11-14(8-9-20-17)13-21(2)3/h5-12H,4,13H2,1-3H3. The van der Waals surface area contributed by atoms with Crippen molar-refractivity contribution >= 4 is 11.5 Å². The van der Waals surface area contributed by atoms with Gasteiger partial charge in [0.1, 0.15) is 0 Å². The lowest BCUT2D eigenvalue weighted by Gasteiger charge is -2.11. The topological polar surface area (TPSA) is 46.8 Å². The zero-order valence-electron chi connectivity index (χ0n) is 14.2. The normalized spacial score (nSPS) is 11.2. The molecule has 0 saturated carbocycles. The molecule has 124 valence electrons. The Morgan fingerprint density at radius 3 is 2.83 bits per heavy atom. The number of pyridine rings is 2. The summed E-state index contributed by atoms with van der Waals surface area (Å²) in [7, 11) is 4.05. The minimum atomic E-state index is -0.323. The SMILES string of the molecule is CCOC(=O)c1cc2ccccn2c1-c1cc(CN(C)C)ccn1. The Morgan fingerprint density at radius 1 is 1.25 bits per heavy atom. The first kappa shape index (κ1) is 16.2. The number of nitrogens with zero attached hydrogens (tertiary/aromatic N) is 3. The van der Waals surface area contributed by atoms with E-state index in [-0.39, 0.29) is 5.97 Å². The van der Waals surface area contributed by atoms with Gasteiger partial charge in [-0.15, -0.1) is 0 Å². The fraction of sp³-hybridized carbons (Fsp3) is 0.263. The molecule has 0 fully saturated rings. The van der Waals surface area contributed by atoms with Gasteiger partial charge in [0.05, 0.1) is 23.6 Å². The third-order valence-electron chi connectivity index (χ3n) is 3.74. The number of aromatic nitrogens is 2. The first-order valence-electron chi connectivity index (χ1n) is 7.97. The molecule has 0 aliphatic rings. The first-order chi connectivity index (χ1) is 11.6. The largest absolute Gasteiger partial charge is 0.462 e. The van der Waals surface area contributed by atoms with Gasteiger partial charge < -0.3 is 14.0 Å². The third-order valence-corrected chi connectivity index (χ3v) is 3.74. The summed E-state index contributed by atoms with van der Waals surface area (Å²) in [5, 5.41) is 0. The number of ether oxygens (including phenoxy) is 1.